The quantitative estimate of drug-likeness (QED) is 0.479. The van der Waals surface area contributed by atoms with Gasteiger partial charge in [0, 0.05) is 36.3 Å². The molecule has 0 fully saturated rings. The molecule has 3 rings (SSSR count). The number of aryl methyl sites for hydroxylation is 2. The fourth-order valence-corrected chi connectivity index (χ4v) is 3.65. The summed E-state index contributed by atoms with van der Waals surface area (Å²) < 4.78 is 0. The van der Waals surface area contributed by atoms with Crippen molar-refractivity contribution in [2.75, 3.05) is 6.54 Å². The lowest BCUT2D eigenvalue weighted by Gasteiger charge is -2.12. The molecule has 2 amide bonds. The number of H-pyrrole nitrogens is 1. The van der Waals surface area contributed by atoms with Crippen LogP contribution in [0.25, 0.3) is 28.1 Å². The Balaban J connectivity index is 1.72. The zero-order valence-corrected chi connectivity index (χ0v) is 18.9. The summed E-state index contributed by atoms with van der Waals surface area (Å²) in [5.41, 5.74) is 7.40. The first-order chi connectivity index (χ1) is 14.7. The molecule has 162 valence electrons. The molecule has 31 heavy (non-hydrogen) atoms. The van der Waals surface area contributed by atoms with Crippen LogP contribution in [0.15, 0.2) is 48.2 Å². The summed E-state index contributed by atoms with van der Waals surface area (Å²) in [7, 11) is 0. The summed E-state index contributed by atoms with van der Waals surface area (Å²) in [5, 5.41) is 6.83. The zero-order valence-electron chi connectivity index (χ0n) is 18.9. The predicted octanol–water partition coefficient (Wildman–Crippen LogP) is 4.89. The van der Waals surface area contributed by atoms with E-state index in [0.717, 1.165) is 22.2 Å². The van der Waals surface area contributed by atoms with Crippen LogP contribution in [0.3, 0.4) is 0 Å². The third-order valence-corrected chi connectivity index (χ3v) is 5.29. The van der Waals surface area contributed by atoms with Gasteiger partial charge in [0.05, 0.1) is 0 Å². The van der Waals surface area contributed by atoms with Gasteiger partial charge in [0.15, 0.2) is 0 Å². The number of aromatic amines is 1. The minimum Gasteiger partial charge on any atom is -0.361 e. The summed E-state index contributed by atoms with van der Waals surface area (Å²) in [6.45, 7) is 10.1. The normalized spacial score (nSPS) is 11.7. The molecule has 0 aliphatic heterocycles. The maximum atomic E-state index is 12.4. The molecule has 5 nitrogen and oxygen atoms in total. The van der Waals surface area contributed by atoms with Crippen LogP contribution in [0.5, 0.6) is 0 Å². The molecule has 3 aromatic rings. The number of carbonyl (C=O) groups is 2. The van der Waals surface area contributed by atoms with E-state index in [1.54, 1.807) is 6.92 Å². The number of carbonyl (C=O) groups excluding carboxylic acids is 2. The van der Waals surface area contributed by atoms with Gasteiger partial charge in [-0.05, 0) is 92.1 Å². The molecule has 0 aliphatic carbocycles. The van der Waals surface area contributed by atoms with Crippen molar-refractivity contribution in [2.45, 2.75) is 47.1 Å². The van der Waals surface area contributed by atoms with Gasteiger partial charge in [-0.15, -0.1) is 0 Å². The summed E-state index contributed by atoms with van der Waals surface area (Å²) in [6.07, 6.45) is 4.13. The van der Waals surface area contributed by atoms with E-state index < -0.39 is 0 Å². The van der Waals surface area contributed by atoms with Crippen molar-refractivity contribution in [1.29, 1.82) is 0 Å². The molecule has 3 N–H and O–H groups in total. The van der Waals surface area contributed by atoms with Crippen molar-refractivity contribution in [3.63, 3.8) is 0 Å². The highest BCUT2D eigenvalue weighted by atomic mass is 16.2. The van der Waals surface area contributed by atoms with E-state index in [4.69, 9.17) is 0 Å². The largest absolute Gasteiger partial charge is 0.361 e. The highest BCUT2D eigenvalue weighted by Crippen LogP contribution is 2.30. The fourth-order valence-electron chi connectivity index (χ4n) is 3.65. The number of fused-ring (bicyclic) bond motifs is 1. The van der Waals surface area contributed by atoms with Crippen LogP contribution in [0, 0.1) is 13.8 Å². The SMILES string of the molecule is CC(=Cc1cc(C)c(-c2ccc3[nH]ccc3c2)cc1C)C(=O)NCCC(=O)NC(C)C. The van der Waals surface area contributed by atoms with E-state index in [9.17, 15) is 9.59 Å². The van der Waals surface area contributed by atoms with Crippen LogP contribution in [-0.2, 0) is 9.59 Å². The third kappa shape index (κ3) is 5.63. The van der Waals surface area contributed by atoms with Crippen LogP contribution >= 0.6 is 0 Å². The summed E-state index contributed by atoms with van der Waals surface area (Å²) >= 11 is 0. The molecule has 0 radical (unpaired) electrons. The Morgan fingerprint density at radius 3 is 2.58 bits per heavy atom. The van der Waals surface area contributed by atoms with Crippen molar-refractivity contribution in [2.24, 2.45) is 0 Å². The standard InChI is InChI=1S/C26H31N3O2/c1-16(2)29-25(30)9-11-28-26(31)19(5)13-22-12-18(4)23(14-17(22)3)20-6-7-24-21(15-20)8-10-27-24/h6-8,10,12-16,27H,9,11H2,1-5H3,(H,28,31)(H,29,30). The van der Waals surface area contributed by atoms with Crippen LogP contribution in [0.2, 0.25) is 0 Å². The fraction of sp³-hybridized carbons (Fsp3) is 0.308. The van der Waals surface area contributed by atoms with Gasteiger partial charge in [-0.25, -0.2) is 0 Å². The first-order valence-electron chi connectivity index (χ1n) is 10.7. The molecular weight excluding hydrogens is 386 g/mol. The van der Waals surface area contributed by atoms with Crippen molar-refractivity contribution < 1.29 is 9.59 Å². The zero-order chi connectivity index (χ0) is 22.5. The van der Waals surface area contributed by atoms with Gasteiger partial charge in [0.25, 0.3) is 0 Å². The second kappa shape index (κ2) is 9.65. The molecule has 2 aromatic carbocycles. The van der Waals surface area contributed by atoms with Crippen LogP contribution in [-0.4, -0.2) is 29.4 Å². The molecule has 1 aromatic heterocycles. The summed E-state index contributed by atoms with van der Waals surface area (Å²) in [4.78, 5) is 27.4. The Morgan fingerprint density at radius 2 is 1.84 bits per heavy atom. The lowest BCUT2D eigenvalue weighted by molar-refractivity contribution is -0.121. The third-order valence-electron chi connectivity index (χ3n) is 5.29. The number of benzene rings is 2. The van der Waals surface area contributed by atoms with Gasteiger partial charge in [0.1, 0.15) is 0 Å². The minimum absolute atomic E-state index is 0.0585. The Kier molecular flexibility index (Phi) is 6.95. The van der Waals surface area contributed by atoms with E-state index in [1.165, 1.54) is 16.5 Å². The van der Waals surface area contributed by atoms with Crippen LogP contribution < -0.4 is 10.6 Å². The number of nitrogens with one attached hydrogen (secondary N) is 3. The monoisotopic (exact) mass is 417 g/mol. The van der Waals surface area contributed by atoms with Gasteiger partial charge in [-0.1, -0.05) is 18.2 Å². The molecule has 0 atom stereocenters. The molecule has 0 saturated heterocycles. The number of hydrogen-bond acceptors (Lipinski definition) is 2. The van der Waals surface area contributed by atoms with E-state index >= 15 is 0 Å². The van der Waals surface area contributed by atoms with Crippen LogP contribution in [0.4, 0.5) is 0 Å². The Morgan fingerprint density at radius 1 is 1.06 bits per heavy atom. The molecule has 0 aliphatic rings. The lowest BCUT2D eigenvalue weighted by Crippen LogP contribution is -2.34. The van der Waals surface area contributed by atoms with Gasteiger partial charge in [-0.2, -0.15) is 0 Å². The van der Waals surface area contributed by atoms with E-state index in [0.29, 0.717) is 12.1 Å². The van der Waals surface area contributed by atoms with E-state index in [1.807, 2.05) is 26.1 Å². The smallest absolute Gasteiger partial charge is 0.246 e. The minimum atomic E-state index is -0.156. The number of amides is 2. The van der Waals surface area contributed by atoms with Crippen molar-refractivity contribution >= 4 is 28.8 Å². The average Bonchev–Trinajstić information content (AvgIpc) is 3.17. The van der Waals surface area contributed by atoms with E-state index in [2.05, 4.69) is 65.9 Å². The maximum Gasteiger partial charge on any atom is 0.246 e. The molecular formula is C26H31N3O2. The molecule has 5 heteroatoms. The lowest BCUT2D eigenvalue weighted by atomic mass is 9.93. The van der Waals surface area contributed by atoms with Gasteiger partial charge in [0.2, 0.25) is 11.8 Å². The molecule has 1 heterocycles. The Hall–Kier alpha value is -3.34. The summed E-state index contributed by atoms with van der Waals surface area (Å²) in [5.74, 6) is -0.215. The van der Waals surface area contributed by atoms with Crippen molar-refractivity contribution in [1.82, 2.24) is 15.6 Å². The molecule has 0 bridgehead atoms. The van der Waals surface area contributed by atoms with Gasteiger partial charge >= 0.3 is 0 Å². The Bertz CT molecular complexity index is 1140. The molecule has 0 spiro atoms. The second-order valence-electron chi connectivity index (χ2n) is 8.36. The van der Waals surface area contributed by atoms with E-state index in [-0.39, 0.29) is 24.3 Å². The number of hydrogen-bond donors (Lipinski definition) is 3. The highest BCUT2D eigenvalue weighted by molar-refractivity contribution is 5.97. The topological polar surface area (TPSA) is 74.0 Å². The number of rotatable bonds is 7. The van der Waals surface area contributed by atoms with Gasteiger partial charge in [-0.3, -0.25) is 9.59 Å². The first kappa shape index (κ1) is 22.3. The maximum absolute atomic E-state index is 12.4. The Labute approximate surface area is 183 Å². The average molecular weight is 418 g/mol. The van der Waals surface area contributed by atoms with Crippen LogP contribution in [0.1, 0.15) is 43.9 Å². The van der Waals surface area contributed by atoms with Crippen molar-refractivity contribution in [3.8, 4) is 11.1 Å². The van der Waals surface area contributed by atoms with Gasteiger partial charge < -0.3 is 15.6 Å². The first-order valence-corrected chi connectivity index (χ1v) is 10.7. The highest BCUT2D eigenvalue weighted by Gasteiger charge is 2.10. The predicted molar refractivity (Wildman–Crippen MR) is 128 cm³/mol. The second-order valence-corrected chi connectivity index (χ2v) is 8.36. The van der Waals surface area contributed by atoms with Crippen molar-refractivity contribution in [3.05, 3.63) is 64.9 Å². The molecule has 0 saturated carbocycles. The summed E-state index contributed by atoms with van der Waals surface area (Å²) in [6, 6.07) is 12.9. The molecule has 0 unspecified atom stereocenters. The number of aromatic nitrogens is 1.